The number of hydrogen-bond acceptors (Lipinski definition) is 4. The number of hydrogen-bond donors (Lipinski definition) is 1. The number of halogens is 6. The Morgan fingerprint density at radius 1 is 1.00 bits per heavy atom. The number of amides is 1. The summed E-state index contributed by atoms with van der Waals surface area (Å²) in [5.74, 6) is -0.487. The topological polar surface area (TPSA) is 59.8 Å². The van der Waals surface area contributed by atoms with E-state index >= 15 is 0 Å². The number of nitrogens with one attached hydrogen (secondary N) is 1. The predicted octanol–water partition coefficient (Wildman–Crippen LogP) is 6.14. The van der Waals surface area contributed by atoms with Crippen LogP contribution in [0.3, 0.4) is 0 Å². The molecule has 0 bridgehead atoms. The molecule has 5 nitrogen and oxygen atoms in total. The lowest BCUT2D eigenvalue weighted by Gasteiger charge is -2.09. The van der Waals surface area contributed by atoms with Gasteiger partial charge in [0, 0.05) is 5.39 Å². The largest absolute Gasteiger partial charge is 0.416 e. The molecule has 0 unspecified atom stereocenters. The number of thiazole rings is 1. The Labute approximate surface area is 186 Å². The first-order chi connectivity index (χ1) is 15.4. The van der Waals surface area contributed by atoms with Crippen LogP contribution >= 0.6 is 11.3 Å². The molecule has 0 saturated heterocycles. The summed E-state index contributed by atoms with van der Waals surface area (Å²) in [6.07, 6.45) is -9.12. The van der Waals surface area contributed by atoms with Crippen molar-refractivity contribution >= 4 is 34.0 Å². The number of benzene rings is 2. The highest BCUT2D eigenvalue weighted by Gasteiger charge is 2.32. The van der Waals surface area contributed by atoms with E-state index in [9.17, 15) is 31.1 Å². The molecule has 12 heteroatoms. The summed E-state index contributed by atoms with van der Waals surface area (Å²) in [5, 5.41) is 7.08. The summed E-state index contributed by atoms with van der Waals surface area (Å²) in [4.78, 5) is 16.9. The maximum absolute atomic E-state index is 13.3. The first kappa shape index (κ1) is 22.8. The highest BCUT2D eigenvalue weighted by molar-refractivity contribution is 7.12. The third-order valence-electron chi connectivity index (χ3n) is 4.88. The fraction of sp³-hybridized carbons (Fsp3) is 0.190. The van der Waals surface area contributed by atoms with Crippen molar-refractivity contribution < 1.29 is 31.1 Å². The summed E-state index contributed by atoms with van der Waals surface area (Å²) in [5.41, 5.74) is 0.678. The third-order valence-corrected chi connectivity index (χ3v) is 5.80. The summed E-state index contributed by atoms with van der Waals surface area (Å²) < 4.78 is 79.4. The van der Waals surface area contributed by atoms with Gasteiger partial charge in [-0.3, -0.25) is 9.48 Å². The minimum atomic E-state index is -4.61. The van der Waals surface area contributed by atoms with E-state index in [-0.39, 0.29) is 23.3 Å². The van der Waals surface area contributed by atoms with Gasteiger partial charge >= 0.3 is 12.4 Å². The Morgan fingerprint density at radius 3 is 2.21 bits per heavy atom. The number of rotatable bonds is 4. The van der Waals surface area contributed by atoms with Crippen molar-refractivity contribution in [3.05, 3.63) is 75.2 Å². The average molecular weight is 484 g/mol. The number of carbonyl (C=O) groups excluding carboxylic acids is 1. The van der Waals surface area contributed by atoms with Crippen LogP contribution in [-0.2, 0) is 18.9 Å². The van der Waals surface area contributed by atoms with Crippen LogP contribution < -0.4 is 5.32 Å². The number of carbonyl (C=O) groups is 1. The molecule has 0 aliphatic heterocycles. The fourth-order valence-corrected chi connectivity index (χ4v) is 3.92. The number of anilines is 1. The van der Waals surface area contributed by atoms with Gasteiger partial charge in [-0.2, -0.15) is 31.4 Å². The second-order valence-corrected chi connectivity index (χ2v) is 8.01. The molecule has 4 rings (SSSR count). The minimum Gasteiger partial charge on any atom is -0.304 e. The van der Waals surface area contributed by atoms with Gasteiger partial charge < -0.3 is 5.32 Å². The smallest absolute Gasteiger partial charge is 0.304 e. The van der Waals surface area contributed by atoms with Gasteiger partial charge in [0.15, 0.2) is 5.82 Å². The number of nitrogens with zero attached hydrogens (tertiary/aromatic N) is 3. The Hall–Kier alpha value is -3.41. The number of fused-ring (bicyclic) bond motifs is 1. The third kappa shape index (κ3) is 4.70. The Kier molecular flexibility index (Phi) is 5.64. The SMILES string of the molecule is Cc1ncsc1C(=O)Nc1nn(Cc2ccc(C(F)(F)F)cc2)c2cc(C(F)(F)F)ccc12. The number of alkyl halides is 6. The van der Waals surface area contributed by atoms with Crippen LogP contribution in [0.2, 0.25) is 0 Å². The normalized spacial score (nSPS) is 12.3. The molecule has 0 spiro atoms. The van der Waals surface area contributed by atoms with Crippen LogP contribution in [0, 0.1) is 6.92 Å². The van der Waals surface area contributed by atoms with E-state index in [4.69, 9.17) is 0 Å². The summed E-state index contributed by atoms with van der Waals surface area (Å²) >= 11 is 1.10. The van der Waals surface area contributed by atoms with Gasteiger partial charge in [-0.05, 0) is 42.8 Å². The van der Waals surface area contributed by atoms with Crippen molar-refractivity contribution in [1.29, 1.82) is 0 Å². The average Bonchev–Trinajstić information content (AvgIpc) is 3.30. The van der Waals surface area contributed by atoms with Crippen molar-refractivity contribution in [1.82, 2.24) is 14.8 Å². The number of aryl methyl sites for hydroxylation is 1. The van der Waals surface area contributed by atoms with E-state index in [1.54, 1.807) is 6.92 Å². The second kappa shape index (κ2) is 8.18. The van der Waals surface area contributed by atoms with Gasteiger partial charge in [0.05, 0.1) is 34.4 Å². The van der Waals surface area contributed by atoms with Crippen LogP contribution in [0.1, 0.15) is 32.1 Å². The molecular weight excluding hydrogens is 470 g/mol. The first-order valence-electron chi connectivity index (χ1n) is 9.39. The van der Waals surface area contributed by atoms with Crippen molar-refractivity contribution in [3.8, 4) is 0 Å². The van der Waals surface area contributed by atoms with E-state index in [0.29, 0.717) is 16.1 Å². The van der Waals surface area contributed by atoms with E-state index in [2.05, 4.69) is 15.4 Å². The van der Waals surface area contributed by atoms with Crippen molar-refractivity contribution in [2.45, 2.75) is 25.8 Å². The second-order valence-electron chi connectivity index (χ2n) is 7.15. The van der Waals surface area contributed by atoms with Crippen molar-refractivity contribution in [3.63, 3.8) is 0 Å². The lowest BCUT2D eigenvalue weighted by molar-refractivity contribution is -0.138. The molecule has 33 heavy (non-hydrogen) atoms. The van der Waals surface area contributed by atoms with Crippen molar-refractivity contribution in [2.24, 2.45) is 0 Å². The molecule has 2 aromatic carbocycles. The van der Waals surface area contributed by atoms with Gasteiger partial charge in [0.2, 0.25) is 0 Å². The highest BCUT2D eigenvalue weighted by Crippen LogP contribution is 2.34. The summed E-state index contributed by atoms with van der Waals surface area (Å²) in [7, 11) is 0. The van der Waals surface area contributed by atoms with Crippen molar-refractivity contribution in [2.75, 3.05) is 5.32 Å². The van der Waals surface area contributed by atoms with E-state index in [1.165, 1.54) is 28.4 Å². The van der Waals surface area contributed by atoms with Crippen LogP contribution in [0.4, 0.5) is 32.2 Å². The summed E-state index contributed by atoms with van der Waals surface area (Å²) in [6.45, 7) is 1.54. The lowest BCUT2D eigenvalue weighted by Crippen LogP contribution is -2.13. The van der Waals surface area contributed by atoms with Gasteiger partial charge in [-0.1, -0.05) is 12.1 Å². The molecule has 2 heterocycles. The molecule has 0 aliphatic carbocycles. The minimum absolute atomic E-state index is 0.0310. The van der Waals surface area contributed by atoms with Crippen LogP contribution in [-0.4, -0.2) is 20.7 Å². The molecule has 0 atom stereocenters. The molecule has 2 aromatic heterocycles. The molecular formula is C21H14F6N4OS. The molecule has 0 saturated carbocycles. The number of aromatic nitrogens is 3. The Morgan fingerprint density at radius 2 is 1.64 bits per heavy atom. The molecule has 0 fully saturated rings. The predicted molar refractivity (Wildman–Crippen MR) is 110 cm³/mol. The molecule has 0 aliphatic rings. The molecule has 172 valence electrons. The lowest BCUT2D eigenvalue weighted by atomic mass is 10.1. The maximum Gasteiger partial charge on any atom is 0.416 e. The summed E-state index contributed by atoms with van der Waals surface area (Å²) in [6, 6.07) is 7.18. The zero-order chi connectivity index (χ0) is 24.0. The van der Waals surface area contributed by atoms with Gasteiger partial charge in [0.1, 0.15) is 4.88 Å². The molecule has 4 aromatic rings. The quantitative estimate of drug-likeness (QED) is 0.354. The molecule has 1 amide bonds. The van der Waals surface area contributed by atoms with Crippen LogP contribution in [0.15, 0.2) is 48.0 Å². The van der Waals surface area contributed by atoms with Crippen LogP contribution in [0.25, 0.3) is 10.9 Å². The van der Waals surface area contributed by atoms with Crippen LogP contribution in [0.5, 0.6) is 0 Å². The van der Waals surface area contributed by atoms with E-state index in [0.717, 1.165) is 35.6 Å². The zero-order valence-electron chi connectivity index (χ0n) is 16.8. The monoisotopic (exact) mass is 484 g/mol. The Balaban J connectivity index is 1.74. The first-order valence-corrected chi connectivity index (χ1v) is 10.3. The van der Waals surface area contributed by atoms with E-state index < -0.39 is 29.4 Å². The zero-order valence-corrected chi connectivity index (χ0v) is 17.6. The fourth-order valence-electron chi connectivity index (χ4n) is 3.22. The Bertz CT molecular complexity index is 1320. The standard InChI is InChI=1S/C21H14F6N4OS/c1-11-17(33-10-28-11)19(32)29-18-15-7-6-14(21(25,26)27)8-16(15)31(30-18)9-12-2-4-13(5-3-12)20(22,23)24/h2-8,10H,9H2,1H3,(H,29,30,32). The molecule has 1 N–H and O–H groups in total. The molecule has 0 radical (unpaired) electrons. The highest BCUT2D eigenvalue weighted by atomic mass is 32.1. The van der Waals surface area contributed by atoms with Gasteiger partial charge in [-0.15, -0.1) is 11.3 Å². The van der Waals surface area contributed by atoms with E-state index in [1.807, 2.05) is 0 Å². The van der Waals surface area contributed by atoms with Gasteiger partial charge in [-0.25, -0.2) is 4.98 Å². The van der Waals surface area contributed by atoms with Gasteiger partial charge in [0.25, 0.3) is 5.91 Å². The maximum atomic E-state index is 13.3.